The van der Waals surface area contributed by atoms with E-state index < -0.39 is 17.9 Å². The topological polar surface area (TPSA) is 84.9 Å². The van der Waals surface area contributed by atoms with Crippen LogP contribution in [0.4, 0.5) is 0 Å². The zero-order chi connectivity index (χ0) is 18.3. The largest absolute Gasteiger partial charge is 0.493 e. The Hall–Kier alpha value is -1.95. The first kappa shape index (κ1) is 20.1. The van der Waals surface area contributed by atoms with Crippen LogP contribution in [0.1, 0.15) is 44.0 Å². The number of unbranched alkanes of at least 4 members (excludes halogenated alkanes) is 1. The molecule has 1 aromatic carbocycles. The molecular formula is C17H24ClNO5. The molecule has 0 saturated carbocycles. The van der Waals surface area contributed by atoms with Crippen LogP contribution in [0, 0.1) is 5.92 Å². The lowest BCUT2D eigenvalue weighted by molar-refractivity contribution is -0.140. The summed E-state index contributed by atoms with van der Waals surface area (Å²) in [7, 11) is 1.45. The van der Waals surface area contributed by atoms with Gasteiger partial charge in [-0.3, -0.25) is 4.79 Å². The Morgan fingerprint density at radius 1 is 1.33 bits per heavy atom. The van der Waals surface area contributed by atoms with Crippen molar-refractivity contribution in [3.8, 4) is 11.5 Å². The van der Waals surface area contributed by atoms with Gasteiger partial charge < -0.3 is 19.9 Å². The van der Waals surface area contributed by atoms with Gasteiger partial charge in [-0.1, -0.05) is 38.8 Å². The van der Waals surface area contributed by atoms with Gasteiger partial charge in [-0.15, -0.1) is 0 Å². The van der Waals surface area contributed by atoms with Gasteiger partial charge in [0, 0.05) is 5.56 Å². The molecule has 1 aromatic rings. The van der Waals surface area contributed by atoms with Crippen molar-refractivity contribution in [2.24, 2.45) is 5.92 Å². The first-order valence-electron chi connectivity index (χ1n) is 7.85. The Balaban J connectivity index is 3.02. The van der Waals surface area contributed by atoms with Crippen molar-refractivity contribution >= 4 is 23.5 Å². The zero-order valence-corrected chi connectivity index (χ0v) is 15.1. The molecule has 0 bridgehead atoms. The summed E-state index contributed by atoms with van der Waals surface area (Å²) in [5.41, 5.74) is 0.214. The van der Waals surface area contributed by atoms with Gasteiger partial charge in [0.15, 0.2) is 11.5 Å². The van der Waals surface area contributed by atoms with Crippen LogP contribution >= 0.6 is 11.6 Å². The molecule has 134 valence electrons. The van der Waals surface area contributed by atoms with E-state index >= 15 is 0 Å². The number of aliphatic carboxylic acids is 1. The molecule has 0 aliphatic rings. The average Bonchev–Trinajstić information content (AvgIpc) is 2.52. The van der Waals surface area contributed by atoms with E-state index in [4.69, 9.17) is 21.1 Å². The molecule has 1 atom stereocenters. The normalized spacial score (nSPS) is 11.9. The van der Waals surface area contributed by atoms with E-state index in [-0.39, 0.29) is 16.5 Å². The number of nitrogens with one attached hydrogen (secondary N) is 1. The van der Waals surface area contributed by atoms with Crippen molar-refractivity contribution < 1.29 is 24.2 Å². The third kappa shape index (κ3) is 5.30. The number of halogens is 1. The first-order chi connectivity index (χ1) is 11.3. The Kier molecular flexibility index (Phi) is 7.85. The standard InChI is InChI=1S/C17H24ClNO5/c1-5-6-7-24-15-12(18)8-11(9-13(15)23-4)16(20)19-14(10(2)3)17(21)22/h8-10,14H,5-7H2,1-4H3,(H,19,20)(H,21,22)/t14-/m0/s1. The third-order valence-electron chi connectivity index (χ3n) is 3.46. The van der Waals surface area contributed by atoms with E-state index in [1.807, 2.05) is 6.92 Å². The highest BCUT2D eigenvalue weighted by Gasteiger charge is 2.25. The van der Waals surface area contributed by atoms with E-state index in [0.717, 1.165) is 12.8 Å². The molecular weight excluding hydrogens is 334 g/mol. The minimum Gasteiger partial charge on any atom is -0.493 e. The fourth-order valence-corrected chi connectivity index (χ4v) is 2.31. The molecule has 24 heavy (non-hydrogen) atoms. The number of carbonyl (C=O) groups excluding carboxylic acids is 1. The van der Waals surface area contributed by atoms with Crippen LogP contribution in [0.3, 0.4) is 0 Å². The van der Waals surface area contributed by atoms with Crippen LogP contribution in [0.2, 0.25) is 5.02 Å². The number of amides is 1. The van der Waals surface area contributed by atoms with Gasteiger partial charge in [-0.2, -0.15) is 0 Å². The Bertz CT molecular complexity index is 589. The molecule has 0 aromatic heterocycles. The van der Waals surface area contributed by atoms with Crippen molar-refractivity contribution in [3.05, 3.63) is 22.7 Å². The second-order valence-corrected chi connectivity index (χ2v) is 6.13. The number of hydrogen-bond donors (Lipinski definition) is 2. The quantitative estimate of drug-likeness (QED) is 0.662. The SMILES string of the molecule is CCCCOc1c(Cl)cc(C(=O)N[C@H](C(=O)O)C(C)C)cc1OC. The second-order valence-electron chi connectivity index (χ2n) is 5.72. The highest BCUT2D eigenvalue weighted by Crippen LogP contribution is 2.36. The van der Waals surface area contributed by atoms with Gasteiger partial charge in [0.05, 0.1) is 18.7 Å². The van der Waals surface area contributed by atoms with Gasteiger partial charge in [-0.25, -0.2) is 4.79 Å². The fourth-order valence-electron chi connectivity index (χ4n) is 2.05. The Morgan fingerprint density at radius 2 is 2.00 bits per heavy atom. The molecule has 7 heteroatoms. The monoisotopic (exact) mass is 357 g/mol. The second kappa shape index (κ2) is 9.37. The highest BCUT2D eigenvalue weighted by molar-refractivity contribution is 6.32. The van der Waals surface area contributed by atoms with Gasteiger partial charge in [0.2, 0.25) is 0 Å². The zero-order valence-electron chi connectivity index (χ0n) is 14.4. The molecule has 0 radical (unpaired) electrons. The van der Waals surface area contributed by atoms with Gasteiger partial charge in [0.25, 0.3) is 5.91 Å². The lowest BCUT2D eigenvalue weighted by atomic mass is 10.0. The van der Waals surface area contributed by atoms with Crippen LogP contribution in [-0.2, 0) is 4.79 Å². The fraction of sp³-hybridized carbons (Fsp3) is 0.529. The van der Waals surface area contributed by atoms with Crippen LogP contribution in [0.5, 0.6) is 11.5 Å². The van der Waals surface area contributed by atoms with Crippen LogP contribution in [0.25, 0.3) is 0 Å². The number of ether oxygens (including phenoxy) is 2. The molecule has 1 rings (SSSR count). The average molecular weight is 358 g/mol. The molecule has 6 nitrogen and oxygen atoms in total. The Labute approximate surface area is 147 Å². The van der Waals surface area contributed by atoms with Crippen molar-refractivity contribution in [3.63, 3.8) is 0 Å². The highest BCUT2D eigenvalue weighted by atomic mass is 35.5. The number of hydrogen-bond acceptors (Lipinski definition) is 4. The predicted octanol–water partition coefficient (Wildman–Crippen LogP) is 3.37. The molecule has 0 aliphatic heterocycles. The summed E-state index contributed by atoms with van der Waals surface area (Å²) in [6.07, 6.45) is 1.85. The summed E-state index contributed by atoms with van der Waals surface area (Å²) in [4.78, 5) is 23.5. The summed E-state index contributed by atoms with van der Waals surface area (Å²) in [5.74, 6) is -1.16. The predicted molar refractivity (Wildman–Crippen MR) is 92.1 cm³/mol. The van der Waals surface area contributed by atoms with Crippen LogP contribution < -0.4 is 14.8 Å². The number of benzene rings is 1. The van der Waals surface area contributed by atoms with E-state index in [1.54, 1.807) is 13.8 Å². The Morgan fingerprint density at radius 3 is 2.50 bits per heavy atom. The molecule has 0 spiro atoms. The van der Waals surface area contributed by atoms with Gasteiger partial charge in [-0.05, 0) is 24.5 Å². The van der Waals surface area contributed by atoms with Crippen molar-refractivity contribution in [1.29, 1.82) is 0 Å². The number of carbonyl (C=O) groups is 2. The molecule has 2 N–H and O–H groups in total. The van der Waals surface area contributed by atoms with Crippen molar-refractivity contribution in [1.82, 2.24) is 5.32 Å². The summed E-state index contributed by atoms with van der Waals surface area (Å²) >= 11 is 6.20. The molecule has 0 aliphatic carbocycles. The van der Waals surface area contributed by atoms with Gasteiger partial charge >= 0.3 is 5.97 Å². The minimum absolute atomic E-state index is 0.214. The smallest absolute Gasteiger partial charge is 0.326 e. The van der Waals surface area contributed by atoms with Crippen molar-refractivity contribution in [2.75, 3.05) is 13.7 Å². The maximum atomic E-state index is 12.3. The maximum absolute atomic E-state index is 12.3. The van der Waals surface area contributed by atoms with E-state index in [2.05, 4.69) is 5.32 Å². The molecule has 0 fully saturated rings. The number of methoxy groups -OCH3 is 1. The summed E-state index contributed by atoms with van der Waals surface area (Å²) in [6, 6.07) is 1.95. The molecule has 0 unspecified atom stereocenters. The summed E-state index contributed by atoms with van der Waals surface area (Å²) < 4.78 is 10.9. The maximum Gasteiger partial charge on any atom is 0.326 e. The van der Waals surface area contributed by atoms with Gasteiger partial charge in [0.1, 0.15) is 6.04 Å². The summed E-state index contributed by atoms with van der Waals surface area (Å²) in [6.45, 7) is 5.98. The van der Waals surface area contributed by atoms with E-state index in [0.29, 0.717) is 18.1 Å². The number of carboxylic acid groups (broad SMARTS) is 1. The molecule has 0 saturated heterocycles. The lowest BCUT2D eigenvalue weighted by Crippen LogP contribution is -2.44. The third-order valence-corrected chi connectivity index (χ3v) is 3.74. The van der Waals surface area contributed by atoms with Crippen LogP contribution in [-0.4, -0.2) is 36.7 Å². The number of carboxylic acids is 1. The van der Waals surface area contributed by atoms with E-state index in [1.165, 1.54) is 19.2 Å². The van der Waals surface area contributed by atoms with E-state index in [9.17, 15) is 14.7 Å². The molecule has 1 amide bonds. The minimum atomic E-state index is -1.09. The number of rotatable bonds is 9. The van der Waals surface area contributed by atoms with Crippen molar-refractivity contribution in [2.45, 2.75) is 39.7 Å². The summed E-state index contributed by atoms with van der Waals surface area (Å²) in [5, 5.41) is 11.9. The van der Waals surface area contributed by atoms with Crippen LogP contribution in [0.15, 0.2) is 12.1 Å². The lowest BCUT2D eigenvalue weighted by Gasteiger charge is -2.19. The first-order valence-corrected chi connectivity index (χ1v) is 8.23. The molecule has 0 heterocycles.